The summed E-state index contributed by atoms with van der Waals surface area (Å²) < 4.78 is 34.7. The van der Waals surface area contributed by atoms with Gasteiger partial charge >= 0.3 is 0 Å². The van der Waals surface area contributed by atoms with Gasteiger partial charge in [-0.15, -0.1) is 0 Å². The lowest BCUT2D eigenvalue weighted by molar-refractivity contribution is -0.119. The number of amidine groups is 1. The molecule has 1 aromatic carbocycles. The number of methoxy groups -OCH3 is 1. The summed E-state index contributed by atoms with van der Waals surface area (Å²) in [6, 6.07) is 6.75. The fourth-order valence-electron chi connectivity index (χ4n) is 2.99. The number of sulfone groups is 1. The Morgan fingerprint density at radius 1 is 1.17 bits per heavy atom. The molecule has 10 heteroatoms. The van der Waals surface area contributed by atoms with Gasteiger partial charge in [-0.2, -0.15) is 9.98 Å². The van der Waals surface area contributed by atoms with Crippen LogP contribution in [0.2, 0.25) is 0 Å². The number of hydrogen-bond donors (Lipinski definition) is 2. The Kier molecular flexibility index (Phi) is 7.25. The molecule has 1 aliphatic rings. The van der Waals surface area contributed by atoms with Crippen molar-refractivity contribution in [2.75, 3.05) is 26.1 Å². The monoisotopic (exact) mass is 438 g/mol. The Morgan fingerprint density at radius 3 is 2.27 bits per heavy atom. The zero-order valence-electron chi connectivity index (χ0n) is 17.8. The normalized spacial score (nSPS) is 18.1. The molecule has 0 radical (unpaired) electrons. The molecule has 1 amide bonds. The molecule has 1 heterocycles. The van der Waals surface area contributed by atoms with Crippen LogP contribution in [-0.4, -0.2) is 56.9 Å². The quantitative estimate of drug-likeness (QED) is 0.502. The topological polar surface area (TPSA) is 146 Å². The summed E-state index contributed by atoms with van der Waals surface area (Å²) in [5, 5.41) is 0. The number of guanidine groups is 1. The third-order valence-electron chi connectivity index (χ3n) is 5.37. The van der Waals surface area contributed by atoms with Crippen molar-refractivity contribution >= 4 is 27.5 Å². The molecule has 1 aliphatic heterocycles. The molecule has 0 aromatic heterocycles. The Hall–Kier alpha value is -2.46. The number of hydrogen-bond acceptors (Lipinski definition) is 5. The molecule has 0 saturated carbocycles. The first-order chi connectivity index (χ1) is 13.9. The SMILES string of the molecule is COc1ccc(C(N)=NC(N)=NC(=O)C(C)(C)S(=O)(=O)CC2(C)CCOCC2)cc1. The molecule has 30 heavy (non-hydrogen) atoms. The van der Waals surface area contributed by atoms with E-state index in [4.69, 9.17) is 20.9 Å². The molecular formula is C20H30N4O5S. The van der Waals surface area contributed by atoms with E-state index in [2.05, 4.69) is 9.98 Å². The summed E-state index contributed by atoms with van der Waals surface area (Å²) in [5.74, 6) is -0.735. The van der Waals surface area contributed by atoms with E-state index in [9.17, 15) is 13.2 Å². The minimum Gasteiger partial charge on any atom is -0.497 e. The molecular weight excluding hydrogens is 408 g/mol. The fourth-order valence-corrected chi connectivity index (χ4v) is 4.87. The number of carbonyl (C=O) groups excluding carboxylic acids is 1. The Labute approximate surface area is 177 Å². The van der Waals surface area contributed by atoms with E-state index in [1.165, 1.54) is 13.8 Å². The number of rotatable bonds is 6. The van der Waals surface area contributed by atoms with Crippen LogP contribution >= 0.6 is 0 Å². The molecule has 0 aliphatic carbocycles. The van der Waals surface area contributed by atoms with Crippen molar-refractivity contribution < 1.29 is 22.7 Å². The second-order valence-electron chi connectivity index (χ2n) is 8.19. The summed E-state index contributed by atoms with van der Waals surface area (Å²) in [6.45, 7) is 5.57. The van der Waals surface area contributed by atoms with Crippen molar-refractivity contribution in [1.82, 2.24) is 0 Å². The van der Waals surface area contributed by atoms with Gasteiger partial charge in [0.25, 0.3) is 5.91 Å². The summed E-state index contributed by atoms with van der Waals surface area (Å²) >= 11 is 0. The maximum atomic E-state index is 13.0. The van der Waals surface area contributed by atoms with E-state index in [-0.39, 0.29) is 11.6 Å². The van der Waals surface area contributed by atoms with Gasteiger partial charge in [-0.05, 0) is 56.4 Å². The molecule has 4 N–H and O–H groups in total. The molecule has 0 atom stereocenters. The number of carbonyl (C=O) groups is 1. The molecule has 0 spiro atoms. The van der Waals surface area contributed by atoms with Crippen LogP contribution in [0, 0.1) is 5.41 Å². The lowest BCUT2D eigenvalue weighted by Gasteiger charge is -2.35. The first kappa shape index (κ1) is 23.8. The summed E-state index contributed by atoms with van der Waals surface area (Å²) in [5.41, 5.74) is 11.8. The molecule has 0 unspecified atom stereocenters. The number of aliphatic imine (C=N–C) groups is 2. The fraction of sp³-hybridized carbons (Fsp3) is 0.550. The molecule has 9 nitrogen and oxygen atoms in total. The van der Waals surface area contributed by atoms with Crippen molar-refractivity contribution in [1.29, 1.82) is 0 Å². The lowest BCUT2D eigenvalue weighted by atomic mass is 9.85. The van der Waals surface area contributed by atoms with E-state index < -0.39 is 31.9 Å². The Morgan fingerprint density at radius 2 is 1.73 bits per heavy atom. The van der Waals surface area contributed by atoms with Crippen LogP contribution in [0.4, 0.5) is 0 Å². The van der Waals surface area contributed by atoms with Gasteiger partial charge < -0.3 is 20.9 Å². The Balaban J connectivity index is 2.18. The van der Waals surface area contributed by atoms with Gasteiger partial charge in [0, 0.05) is 18.8 Å². The van der Waals surface area contributed by atoms with E-state index in [0.29, 0.717) is 37.4 Å². The minimum absolute atomic E-state index is 0.0436. The van der Waals surface area contributed by atoms with Gasteiger partial charge in [-0.3, -0.25) is 4.79 Å². The summed E-state index contributed by atoms with van der Waals surface area (Å²) in [6.07, 6.45) is 1.23. The smallest absolute Gasteiger partial charge is 0.269 e. The first-order valence-electron chi connectivity index (χ1n) is 9.57. The average molecular weight is 439 g/mol. The maximum Gasteiger partial charge on any atom is 0.269 e. The van der Waals surface area contributed by atoms with Crippen molar-refractivity contribution in [3.8, 4) is 5.75 Å². The van der Waals surface area contributed by atoms with E-state index >= 15 is 0 Å². The average Bonchev–Trinajstić information content (AvgIpc) is 2.67. The minimum atomic E-state index is -3.81. The highest BCUT2D eigenvalue weighted by Crippen LogP contribution is 2.35. The third-order valence-corrected chi connectivity index (χ3v) is 8.17. The van der Waals surface area contributed by atoms with Crippen LogP contribution in [0.3, 0.4) is 0 Å². The van der Waals surface area contributed by atoms with Gasteiger partial charge in [-0.25, -0.2) is 8.42 Å². The maximum absolute atomic E-state index is 13.0. The highest BCUT2D eigenvalue weighted by molar-refractivity contribution is 7.93. The molecule has 2 rings (SSSR count). The van der Waals surface area contributed by atoms with Crippen LogP contribution in [0.5, 0.6) is 5.75 Å². The second-order valence-corrected chi connectivity index (χ2v) is 10.7. The van der Waals surface area contributed by atoms with E-state index in [0.717, 1.165) is 0 Å². The molecule has 166 valence electrons. The largest absolute Gasteiger partial charge is 0.497 e. The van der Waals surface area contributed by atoms with Gasteiger partial charge in [-0.1, -0.05) is 6.92 Å². The lowest BCUT2D eigenvalue weighted by Crippen LogP contribution is -2.46. The van der Waals surface area contributed by atoms with Gasteiger partial charge in [0.15, 0.2) is 9.84 Å². The standard InChI is InChI=1S/C20H30N4O5S/c1-19(2,30(26,27)13-20(3)9-11-29-12-10-20)17(25)24-18(22)23-16(21)14-5-7-15(28-4)8-6-14/h5-8H,9-13H2,1-4H3,(H4,21,22,23,24,25). The van der Waals surface area contributed by atoms with Crippen molar-refractivity contribution in [2.24, 2.45) is 26.9 Å². The van der Waals surface area contributed by atoms with Gasteiger partial charge in [0.05, 0.1) is 12.9 Å². The van der Waals surface area contributed by atoms with Crippen LogP contribution in [0.1, 0.15) is 39.2 Å². The number of benzene rings is 1. The summed E-state index contributed by atoms with van der Waals surface area (Å²) in [7, 11) is -2.27. The predicted octanol–water partition coefficient (Wildman–Crippen LogP) is 1.25. The molecule has 0 bridgehead atoms. The zero-order chi connectivity index (χ0) is 22.6. The second kappa shape index (κ2) is 9.13. The number of amides is 1. The molecule has 1 fully saturated rings. The molecule has 1 aromatic rings. The van der Waals surface area contributed by atoms with Crippen LogP contribution < -0.4 is 16.2 Å². The first-order valence-corrected chi connectivity index (χ1v) is 11.2. The van der Waals surface area contributed by atoms with Gasteiger partial charge in [0.1, 0.15) is 16.3 Å². The van der Waals surface area contributed by atoms with E-state index in [1.807, 2.05) is 6.92 Å². The number of ether oxygens (including phenoxy) is 2. The highest BCUT2D eigenvalue weighted by atomic mass is 32.2. The number of nitrogens with two attached hydrogens (primary N) is 2. The van der Waals surface area contributed by atoms with Crippen molar-refractivity contribution in [2.45, 2.75) is 38.4 Å². The summed E-state index contributed by atoms with van der Waals surface area (Å²) in [4.78, 5) is 20.3. The third kappa shape index (κ3) is 5.57. The van der Waals surface area contributed by atoms with Crippen molar-refractivity contribution in [3.05, 3.63) is 29.8 Å². The van der Waals surface area contributed by atoms with E-state index in [1.54, 1.807) is 31.4 Å². The predicted molar refractivity (Wildman–Crippen MR) is 116 cm³/mol. The highest BCUT2D eigenvalue weighted by Gasteiger charge is 2.46. The number of nitrogens with zero attached hydrogens (tertiary/aromatic N) is 2. The van der Waals surface area contributed by atoms with Crippen molar-refractivity contribution in [3.63, 3.8) is 0 Å². The van der Waals surface area contributed by atoms with Crippen LogP contribution in [0.15, 0.2) is 34.3 Å². The van der Waals surface area contributed by atoms with Crippen LogP contribution in [-0.2, 0) is 19.4 Å². The van der Waals surface area contributed by atoms with Gasteiger partial charge in [0.2, 0.25) is 5.96 Å². The molecule has 1 saturated heterocycles. The van der Waals surface area contributed by atoms with Crippen LogP contribution in [0.25, 0.3) is 0 Å². The Bertz CT molecular complexity index is 930. The zero-order valence-corrected chi connectivity index (χ0v) is 18.7.